The van der Waals surface area contributed by atoms with Crippen LogP contribution in [0.5, 0.6) is 5.75 Å². The fraction of sp³-hybridized carbons (Fsp3) is 0.538. The largest absolute Gasteiger partial charge is 0.495 e. The second-order valence-electron chi connectivity index (χ2n) is 4.89. The monoisotopic (exact) mass is 270 g/mol. The summed E-state index contributed by atoms with van der Waals surface area (Å²) in [5.41, 5.74) is 6.89. The van der Waals surface area contributed by atoms with Crippen molar-refractivity contribution in [1.29, 1.82) is 0 Å². The van der Waals surface area contributed by atoms with Gasteiger partial charge in [0.1, 0.15) is 5.75 Å². The van der Waals surface area contributed by atoms with Gasteiger partial charge in [0.2, 0.25) is 0 Å². The molecule has 4 nitrogen and oxygen atoms in total. The highest BCUT2D eigenvalue weighted by molar-refractivity contribution is 6.32. The molecule has 0 radical (unpaired) electrons. The third kappa shape index (κ3) is 2.41. The van der Waals surface area contributed by atoms with Gasteiger partial charge in [-0.05, 0) is 24.1 Å². The highest BCUT2D eigenvalue weighted by Crippen LogP contribution is 2.37. The molecule has 0 saturated carbocycles. The summed E-state index contributed by atoms with van der Waals surface area (Å²) in [5.74, 6) is 0.630. The molecule has 3 N–H and O–H groups in total. The number of anilines is 1. The molecular formula is C13H19ClN2O2. The van der Waals surface area contributed by atoms with Crippen LogP contribution in [0.3, 0.4) is 0 Å². The first-order chi connectivity index (χ1) is 8.49. The molecule has 5 heteroatoms. The van der Waals surface area contributed by atoms with Crippen LogP contribution >= 0.6 is 11.6 Å². The average Bonchev–Trinajstić information content (AvgIpc) is 2.48. The van der Waals surface area contributed by atoms with Gasteiger partial charge in [0.15, 0.2) is 0 Å². The second kappa shape index (κ2) is 4.96. The maximum Gasteiger partial charge on any atom is 0.137 e. The van der Waals surface area contributed by atoms with Gasteiger partial charge in [-0.1, -0.05) is 11.6 Å². The number of nitrogens with two attached hydrogens (primary N) is 1. The topological polar surface area (TPSA) is 58.7 Å². The van der Waals surface area contributed by atoms with Gasteiger partial charge in [-0.15, -0.1) is 0 Å². The number of methoxy groups -OCH3 is 1. The van der Waals surface area contributed by atoms with E-state index >= 15 is 0 Å². The van der Waals surface area contributed by atoms with Crippen molar-refractivity contribution in [2.75, 3.05) is 32.1 Å². The molecule has 1 aromatic rings. The molecule has 0 bridgehead atoms. The Morgan fingerprint density at radius 2 is 2.28 bits per heavy atom. The first-order valence-corrected chi connectivity index (χ1v) is 6.37. The minimum absolute atomic E-state index is 0.255. The van der Waals surface area contributed by atoms with E-state index in [9.17, 15) is 5.11 Å². The Morgan fingerprint density at radius 3 is 2.89 bits per heavy atom. The van der Waals surface area contributed by atoms with Crippen molar-refractivity contribution in [3.05, 3.63) is 22.7 Å². The molecule has 0 spiro atoms. The quantitative estimate of drug-likeness (QED) is 0.853. The summed E-state index contributed by atoms with van der Waals surface area (Å²) in [6.45, 7) is 1.01. The number of ether oxygens (including phenoxy) is 1. The van der Waals surface area contributed by atoms with Crippen LogP contribution in [0.2, 0.25) is 5.02 Å². The Morgan fingerprint density at radius 1 is 1.56 bits per heavy atom. The fourth-order valence-corrected chi connectivity index (χ4v) is 2.59. The van der Waals surface area contributed by atoms with Crippen molar-refractivity contribution in [1.82, 2.24) is 0 Å². The lowest BCUT2D eigenvalue weighted by Crippen LogP contribution is -2.40. The number of benzene rings is 1. The number of halogens is 1. The zero-order valence-electron chi connectivity index (χ0n) is 10.7. The highest BCUT2D eigenvalue weighted by atomic mass is 35.5. The van der Waals surface area contributed by atoms with E-state index in [1.54, 1.807) is 7.11 Å². The third-order valence-electron chi connectivity index (χ3n) is 3.58. The van der Waals surface area contributed by atoms with Gasteiger partial charge in [-0.25, -0.2) is 0 Å². The van der Waals surface area contributed by atoms with E-state index in [2.05, 4.69) is 4.90 Å². The fourth-order valence-electron chi connectivity index (χ4n) is 2.35. The molecule has 100 valence electrons. The van der Waals surface area contributed by atoms with E-state index in [1.165, 1.54) is 0 Å². The summed E-state index contributed by atoms with van der Waals surface area (Å²) in [6.07, 6.45) is 1.17. The van der Waals surface area contributed by atoms with Crippen LogP contribution < -0.4 is 15.4 Å². The van der Waals surface area contributed by atoms with E-state index in [4.69, 9.17) is 22.1 Å². The molecule has 1 unspecified atom stereocenters. The van der Waals surface area contributed by atoms with Gasteiger partial charge in [-0.2, -0.15) is 0 Å². The number of hydrogen-bond acceptors (Lipinski definition) is 4. The summed E-state index contributed by atoms with van der Waals surface area (Å²) < 4.78 is 5.23. The molecule has 2 rings (SSSR count). The molecule has 0 amide bonds. The Balaban J connectivity index is 2.48. The smallest absolute Gasteiger partial charge is 0.137 e. The molecule has 1 aliphatic heterocycles. The van der Waals surface area contributed by atoms with Gasteiger partial charge >= 0.3 is 0 Å². The maximum atomic E-state index is 10.4. The van der Waals surface area contributed by atoms with Crippen molar-refractivity contribution in [2.45, 2.75) is 18.4 Å². The molecule has 0 aromatic heterocycles. The predicted molar refractivity (Wildman–Crippen MR) is 73.6 cm³/mol. The Hall–Kier alpha value is -0.970. The van der Waals surface area contributed by atoms with Crippen LogP contribution in [0, 0.1) is 0 Å². The number of nitrogens with zero attached hydrogens (tertiary/aromatic N) is 1. The first kappa shape index (κ1) is 13.5. The van der Waals surface area contributed by atoms with Crippen LogP contribution in [-0.4, -0.2) is 38.0 Å². The van der Waals surface area contributed by atoms with Crippen LogP contribution in [0.1, 0.15) is 12.0 Å². The molecule has 1 aliphatic rings. The van der Waals surface area contributed by atoms with E-state index in [0.717, 1.165) is 17.8 Å². The van der Waals surface area contributed by atoms with Gasteiger partial charge in [0, 0.05) is 32.2 Å². The Kier molecular flexibility index (Phi) is 3.71. The van der Waals surface area contributed by atoms with Crippen LogP contribution in [0.25, 0.3) is 0 Å². The number of rotatable bonds is 2. The standard InChI is InChI=1S/C13H19ClN2O2/c1-16-4-3-13(17,8-15)7-9-5-12(18-2)10(14)6-11(9)16/h5-6,17H,3-4,7-8,15H2,1-2H3. The normalized spacial score (nSPS) is 23.5. The van der Waals surface area contributed by atoms with Crippen molar-refractivity contribution in [2.24, 2.45) is 5.73 Å². The highest BCUT2D eigenvalue weighted by Gasteiger charge is 2.31. The van der Waals surface area contributed by atoms with Crippen molar-refractivity contribution >= 4 is 17.3 Å². The van der Waals surface area contributed by atoms with Gasteiger partial charge in [0.25, 0.3) is 0 Å². The Labute approximate surface area is 112 Å². The predicted octanol–water partition coefficient (Wildman–Crippen LogP) is 1.42. The van der Waals surface area contributed by atoms with Gasteiger partial charge < -0.3 is 20.5 Å². The van der Waals surface area contributed by atoms with E-state index in [0.29, 0.717) is 23.6 Å². The van der Waals surface area contributed by atoms with Gasteiger partial charge in [-0.3, -0.25) is 0 Å². The molecule has 0 aliphatic carbocycles. The summed E-state index contributed by atoms with van der Waals surface area (Å²) in [4.78, 5) is 2.09. The molecular weight excluding hydrogens is 252 g/mol. The van der Waals surface area contributed by atoms with Crippen LogP contribution in [0.15, 0.2) is 12.1 Å². The summed E-state index contributed by atoms with van der Waals surface area (Å²) >= 11 is 6.15. The molecule has 18 heavy (non-hydrogen) atoms. The molecule has 1 aromatic carbocycles. The number of aliphatic hydroxyl groups is 1. The summed E-state index contributed by atoms with van der Waals surface area (Å²) in [7, 11) is 3.58. The molecule has 0 fully saturated rings. The zero-order valence-corrected chi connectivity index (χ0v) is 11.5. The minimum atomic E-state index is -0.849. The van der Waals surface area contributed by atoms with E-state index < -0.39 is 5.60 Å². The number of fused-ring (bicyclic) bond motifs is 1. The van der Waals surface area contributed by atoms with Crippen molar-refractivity contribution in [3.8, 4) is 5.75 Å². The minimum Gasteiger partial charge on any atom is -0.495 e. The van der Waals surface area contributed by atoms with Gasteiger partial charge in [0.05, 0.1) is 17.7 Å². The summed E-state index contributed by atoms with van der Waals surface area (Å²) in [6, 6.07) is 3.78. The lowest BCUT2D eigenvalue weighted by atomic mass is 9.92. The number of hydrogen-bond donors (Lipinski definition) is 2. The SMILES string of the molecule is COc1cc2c(cc1Cl)N(C)CCC(O)(CN)C2. The zero-order chi connectivity index (χ0) is 13.3. The van der Waals surface area contributed by atoms with Crippen molar-refractivity contribution < 1.29 is 9.84 Å². The lowest BCUT2D eigenvalue weighted by Gasteiger charge is -2.24. The third-order valence-corrected chi connectivity index (χ3v) is 3.87. The molecule has 1 heterocycles. The van der Waals surface area contributed by atoms with Crippen LogP contribution in [0.4, 0.5) is 5.69 Å². The van der Waals surface area contributed by atoms with Crippen molar-refractivity contribution in [3.63, 3.8) is 0 Å². The average molecular weight is 271 g/mol. The Bertz CT molecular complexity index is 453. The van der Waals surface area contributed by atoms with Crippen LogP contribution in [-0.2, 0) is 6.42 Å². The molecule has 1 atom stereocenters. The second-order valence-corrected chi connectivity index (χ2v) is 5.30. The summed E-state index contributed by atoms with van der Waals surface area (Å²) in [5, 5.41) is 11.0. The maximum absolute atomic E-state index is 10.4. The first-order valence-electron chi connectivity index (χ1n) is 5.99. The molecule has 0 saturated heterocycles. The lowest BCUT2D eigenvalue weighted by molar-refractivity contribution is 0.0449. The van der Waals surface area contributed by atoms with E-state index in [1.807, 2.05) is 19.2 Å². The van der Waals surface area contributed by atoms with E-state index in [-0.39, 0.29) is 6.54 Å².